The minimum absolute atomic E-state index is 0.00973. The van der Waals surface area contributed by atoms with E-state index in [-0.39, 0.29) is 5.92 Å². The quantitative estimate of drug-likeness (QED) is 0.770. The van der Waals surface area contributed by atoms with E-state index in [1.807, 2.05) is 54.6 Å². The van der Waals surface area contributed by atoms with Gasteiger partial charge in [0.1, 0.15) is 23.2 Å². The van der Waals surface area contributed by atoms with E-state index in [9.17, 15) is 5.11 Å². The second-order valence-electron chi connectivity index (χ2n) is 5.41. The molecule has 21 heavy (non-hydrogen) atoms. The molecule has 0 amide bonds. The van der Waals surface area contributed by atoms with Crippen LogP contribution in [-0.4, -0.2) is 11.7 Å². The molecule has 4 rings (SSSR count). The molecule has 1 N–H and O–H groups in total. The summed E-state index contributed by atoms with van der Waals surface area (Å²) in [5.41, 5.74) is 1.86. The highest BCUT2D eigenvalue weighted by Gasteiger charge is 2.30. The molecule has 0 aliphatic carbocycles. The molecule has 0 saturated heterocycles. The molecule has 2 atom stereocenters. The summed E-state index contributed by atoms with van der Waals surface area (Å²) in [6.45, 7) is 0.624. The van der Waals surface area contributed by atoms with Crippen molar-refractivity contribution in [3.63, 3.8) is 0 Å². The molecule has 0 saturated carbocycles. The first kappa shape index (κ1) is 12.5. The van der Waals surface area contributed by atoms with Crippen LogP contribution in [0, 0.1) is 0 Å². The zero-order chi connectivity index (χ0) is 14.2. The van der Waals surface area contributed by atoms with Crippen LogP contribution in [0.3, 0.4) is 0 Å². The van der Waals surface area contributed by atoms with E-state index in [2.05, 4.69) is 0 Å². The van der Waals surface area contributed by atoms with Crippen LogP contribution >= 0.6 is 0 Å². The van der Waals surface area contributed by atoms with Gasteiger partial charge >= 0.3 is 0 Å². The maximum atomic E-state index is 10.7. The molecule has 3 heteroatoms. The summed E-state index contributed by atoms with van der Waals surface area (Å²) in [5, 5.41) is 11.8. The molecule has 0 bridgehead atoms. The molecule has 3 nitrogen and oxygen atoms in total. The smallest absolute Gasteiger partial charge is 0.134 e. The predicted molar refractivity (Wildman–Crippen MR) is 80.5 cm³/mol. The molecule has 1 aromatic heterocycles. The second-order valence-corrected chi connectivity index (χ2v) is 5.41. The number of para-hydroxylation sites is 2. The fourth-order valence-corrected chi connectivity index (χ4v) is 3.04. The van der Waals surface area contributed by atoms with Crippen molar-refractivity contribution >= 4 is 11.0 Å². The Morgan fingerprint density at radius 2 is 1.86 bits per heavy atom. The van der Waals surface area contributed by atoms with Crippen LogP contribution < -0.4 is 4.74 Å². The zero-order valence-corrected chi connectivity index (χ0v) is 11.5. The summed E-state index contributed by atoms with van der Waals surface area (Å²) in [6, 6.07) is 17.6. The third-order valence-corrected chi connectivity index (χ3v) is 4.12. The van der Waals surface area contributed by atoms with Crippen molar-refractivity contribution in [2.24, 2.45) is 0 Å². The summed E-state index contributed by atoms with van der Waals surface area (Å²) in [5.74, 6) is 1.50. The van der Waals surface area contributed by atoms with Crippen LogP contribution in [0.4, 0.5) is 0 Å². The minimum Gasteiger partial charge on any atom is -0.493 e. The fourth-order valence-electron chi connectivity index (χ4n) is 3.04. The Kier molecular flexibility index (Phi) is 2.93. The first-order valence-corrected chi connectivity index (χ1v) is 7.21. The maximum absolute atomic E-state index is 10.7. The molecular weight excluding hydrogens is 264 g/mol. The molecule has 1 aliphatic heterocycles. The van der Waals surface area contributed by atoms with Crippen LogP contribution in [0.15, 0.2) is 59.0 Å². The zero-order valence-electron chi connectivity index (χ0n) is 11.5. The average molecular weight is 280 g/mol. The van der Waals surface area contributed by atoms with Crippen molar-refractivity contribution in [2.45, 2.75) is 18.4 Å². The highest BCUT2D eigenvalue weighted by Crippen LogP contribution is 2.42. The lowest BCUT2D eigenvalue weighted by atomic mass is 9.87. The summed E-state index contributed by atoms with van der Waals surface area (Å²) in [7, 11) is 0. The lowest BCUT2D eigenvalue weighted by Crippen LogP contribution is -2.19. The van der Waals surface area contributed by atoms with Crippen LogP contribution in [0.5, 0.6) is 5.75 Å². The molecule has 106 valence electrons. The fraction of sp³-hybridized carbons (Fsp3) is 0.222. The lowest BCUT2D eigenvalue weighted by molar-refractivity contribution is 0.0985. The highest BCUT2D eigenvalue weighted by atomic mass is 16.5. The van der Waals surface area contributed by atoms with Crippen LogP contribution in [0.2, 0.25) is 0 Å². The second kappa shape index (κ2) is 4.93. The van der Waals surface area contributed by atoms with Crippen LogP contribution in [-0.2, 0) is 0 Å². The highest BCUT2D eigenvalue weighted by molar-refractivity contribution is 5.77. The van der Waals surface area contributed by atoms with Gasteiger partial charge in [-0.1, -0.05) is 36.4 Å². The summed E-state index contributed by atoms with van der Waals surface area (Å²) >= 11 is 0. The number of aliphatic hydroxyl groups is 1. The van der Waals surface area contributed by atoms with Crippen molar-refractivity contribution in [1.82, 2.24) is 0 Å². The Morgan fingerprint density at radius 1 is 1.05 bits per heavy atom. The van der Waals surface area contributed by atoms with E-state index >= 15 is 0 Å². The normalized spacial score (nSPS) is 19.0. The molecule has 1 aliphatic rings. The number of hydrogen-bond donors (Lipinski definition) is 1. The summed E-state index contributed by atoms with van der Waals surface area (Å²) < 4.78 is 11.5. The van der Waals surface area contributed by atoms with Gasteiger partial charge in [0.2, 0.25) is 0 Å². The third kappa shape index (κ3) is 2.10. The van der Waals surface area contributed by atoms with Gasteiger partial charge in [-0.25, -0.2) is 0 Å². The molecule has 2 aromatic carbocycles. The Labute approximate surface area is 122 Å². The number of benzene rings is 2. The Hall–Kier alpha value is -2.26. The molecule has 0 fully saturated rings. The van der Waals surface area contributed by atoms with Gasteiger partial charge in [0, 0.05) is 16.9 Å². The lowest BCUT2D eigenvalue weighted by Gasteiger charge is -2.28. The van der Waals surface area contributed by atoms with E-state index in [0.29, 0.717) is 12.4 Å². The van der Waals surface area contributed by atoms with Crippen molar-refractivity contribution in [1.29, 1.82) is 0 Å². The summed E-state index contributed by atoms with van der Waals surface area (Å²) in [6.07, 6.45) is 0.136. The van der Waals surface area contributed by atoms with E-state index in [1.54, 1.807) is 0 Å². The van der Waals surface area contributed by atoms with Gasteiger partial charge in [-0.3, -0.25) is 0 Å². The first-order chi connectivity index (χ1) is 10.3. The predicted octanol–water partition coefficient (Wildman–Crippen LogP) is 4.03. The minimum atomic E-state index is -0.651. The van der Waals surface area contributed by atoms with Gasteiger partial charge in [0.05, 0.1) is 6.61 Å². The van der Waals surface area contributed by atoms with E-state index in [1.165, 1.54) is 0 Å². The molecule has 0 spiro atoms. The Morgan fingerprint density at radius 3 is 2.76 bits per heavy atom. The molecule has 2 heterocycles. The molecule has 0 radical (unpaired) electrons. The SMILES string of the molecule is OC(c1cc2ccccc2o1)C1CCOc2ccccc21. The van der Waals surface area contributed by atoms with E-state index in [0.717, 1.165) is 28.7 Å². The van der Waals surface area contributed by atoms with Gasteiger partial charge < -0.3 is 14.3 Å². The average Bonchev–Trinajstić information content (AvgIpc) is 2.97. The van der Waals surface area contributed by atoms with Crippen molar-refractivity contribution in [3.8, 4) is 5.75 Å². The maximum Gasteiger partial charge on any atom is 0.134 e. The topological polar surface area (TPSA) is 42.6 Å². The Bertz CT molecular complexity index is 742. The van der Waals surface area contributed by atoms with Gasteiger partial charge in [0.15, 0.2) is 0 Å². The first-order valence-electron chi connectivity index (χ1n) is 7.21. The number of hydrogen-bond acceptors (Lipinski definition) is 3. The summed E-state index contributed by atoms with van der Waals surface area (Å²) in [4.78, 5) is 0. The van der Waals surface area contributed by atoms with E-state index in [4.69, 9.17) is 9.15 Å². The van der Waals surface area contributed by atoms with Crippen LogP contribution in [0.25, 0.3) is 11.0 Å². The van der Waals surface area contributed by atoms with Crippen molar-refractivity contribution in [2.75, 3.05) is 6.61 Å². The number of fused-ring (bicyclic) bond motifs is 2. The number of furan rings is 1. The van der Waals surface area contributed by atoms with Gasteiger partial charge in [-0.15, -0.1) is 0 Å². The Balaban J connectivity index is 1.73. The number of aliphatic hydroxyl groups excluding tert-OH is 1. The van der Waals surface area contributed by atoms with Crippen LogP contribution in [0.1, 0.15) is 29.8 Å². The molecular formula is C18H16O3. The standard InChI is InChI=1S/C18H16O3/c19-18(17-11-12-5-1-3-7-15(12)21-17)14-9-10-20-16-8-4-2-6-13(14)16/h1-8,11,14,18-19H,9-10H2. The monoisotopic (exact) mass is 280 g/mol. The van der Waals surface area contributed by atoms with Gasteiger partial charge in [0.25, 0.3) is 0 Å². The molecule has 2 unspecified atom stereocenters. The van der Waals surface area contributed by atoms with Gasteiger partial charge in [-0.2, -0.15) is 0 Å². The van der Waals surface area contributed by atoms with Gasteiger partial charge in [-0.05, 0) is 24.6 Å². The largest absolute Gasteiger partial charge is 0.493 e. The molecule has 3 aromatic rings. The van der Waals surface area contributed by atoms with Crippen molar-refractivity contribution in [3.05, 3.63) is 65.9 Å². The number of ether oxygens (including phenoxy) is 1. The van der Waals surface area contributed by atoms with E-state index < -0.39 is 6.10 Å². The third-order valence-electron chi connectivity index (χ3n) is 4.12. The van der Waals surface area contributed by atoms with Crippen molar-refractivity contribution < 1.29 is 14.3 Å². The number of rotatable bonds is 2.